The van der Waals surface area contributed by atoms with E-state index in [4.69, 9.17) is 5.41 Å². The summed E-state index contributed by atoms with van der Waals surface area (Å²) in [7, 11) is -4.45. The van der Waals surface area contributed by atoms with Crippen LogP contribution in [0.4, 0.5) is 0 Å². The molecule has 0 aromatic rings. The Morgan fingerprint density at radius 1 is 1.75 bits per heavy atom. The minimum atomic E-state index is -4.45. The molecule has 0 bridgehead atoms. The first-order chi connectivity index (χ1) is 3.42. The van der Waals surface area contributed by atoms with Crippen LogP contribution in [0.1, 0.15) is 0 Å². The molecule has 0 aromatic carbocycles. The molecule has 0 saturated carbocycles. The van der Waals surface area contributed by atoms with Crippen molar-refractivity contribution in [2.75, 3.05) is 0 Å². The molecule has 48 valence electrons. The summed E-state index contributed by atoms with van der Waals surface area (Å²) in [6, 6.07) is 0. The van der Waals surface area contributed by atoms with E-state index in [1.54, 1.807) is 0 Å². The van der Waals surface area contributed by atoms with Crippen LogP contribution < -0.4 is 10.5 Å². The lowest BCUT2D eigenvalue weighted by atomic mass is 11.1. The molecule has 0 atom stereocenters. The minimum Gasteiger partial charge on any atom is -0.701 e. The average Bonchev–Trinajstić information content (AvgIpc) is 1.21. The first-order valence-corrected chi connectivity index (χ1v) is 3.03. The number of nitrogens with two attached hydrogens (primary N) is 2. The fraction of sp³-hybridized carbons (Fsp3) is 0. The van der Waals surface area contributed by atoms with Gasteiger partial charge in [0.25, 0.3) is 10.3 Å². The highest BCUT2D eigenvalue weighted by Gasteiger charge is 1.97. The summed E-state index contributed by atoms with van der Waals surface area (Å²) in [5.74, 6) is -0.750. The molecule has 5 N–H and O–H groups in total. The molecule has 6 nitrogen and oxygen atoms in total. The van der Waals surface area contributed by atoms with Crippen molar-refractivity contribution in [2.45, 2.75) is 0 Å². The van der Waals surface area contributed by atoms with E-state index in [-0.39, 0.29) is 4.72 Å². The van der Waals surface area contributed by atoms with Gasteiger partial charge in [0.05, 0.1) is 0 Å². The lowest BCUT2D eigenvalue weighted by molar-refractivity contribution is -0.375. The van der Waals surface area contributed by atoms with Gasteiger partial charge >= 0.3 is 5.96 Å². The third kappa shape index (κ3) is 5.34. The van der Waals surface area contributed by atoms with Crippen LogP contribution in [0.2, 0.25) is 0 Å². The average molecular weight is 139 g/mol. The van der Waals surface area contributed by atoms with Crippen molar-refractivity contribution in [3.63, 3.8) is 0 Å². The van der Waals surface area contributed by atoms with E-state index >= 15 is 0 Å². The molecule has 0 aliphatic carbocycles. The van der Waals surface area contributed by atoms with E-state index < -0.39 is 16.3 Å². The molecule has 0 radical (unpaired) electrons. The van der Waals surface area contributed by atoms with Crippen molar-refractivity contribution in [2.24, 2.45) is 5.73 Å². The molecule has 0 aromatic heterocycles. The number of hydrogen-bond donors (Lipinski definition) is 3. The second-order valence-electron chi connectivity index (χ2n) is 1.07. The minimum absolute atomic E-state index is 0.132. The van der Waals surface area contributed by atoms with Crippen LogP contribution in [0.25, 0.3) is 0 Å². The summed E-state index contributed by atoms with van der Waals surface area (Å²) in [6.45, 7) is 0. The topological polar surface area (TPSA) is 124 Å². The third-order valence-corrected chi connectivity index (χ3v) is 0.814. The van der Waals surface area contributed by atoms with Gasteiger partial charge in [0.2, 0.25) is 0 Å². The molecule has 0 rings (SSSR count). The highest BCUT2D eigenvalue weighted by atomic mass is 32.2. The van der Waals surface area contributed by atoms with Gasteiger partial charge in [0.15, 0.2) is 0 Å². The van der Waals surface area contributed by atoms with Crippen molar-refractivity contribution >= 4 is 16.3 Å². The molecule has 0 aliphatic rings. The highest BCUT2D eigenvalue weighted by molar-refractivity contribution is 7.79. The van der Waals surface area contributed by atoms with Gasteiger partial charge < -0.3 is 10.3 Å². The molecule has 7 heteroatoms. The summed E-state index contributed by atoms with van der Waals surface area (Å²) in [4.78, 5) is 0. The first-order valence-electron chi connectivity index (χ1n) is 1.56. The summed E-state index contributed by atoms with van der Waals surface area (Å²) in [5, 5.41) is 6.29. The normalized spacial score (nSPS) is 11.1. The number of nitrogens with one attached hydrogen (secondary N) is 1. The highest BCUT2D eigenvalue weighted by Crippen LogP contribution is 1.50. The molecular weight excluding hydrogens is 134 g/mol. The molecule has 0 aliphatic heterocycles. The summed E-state index contributed by atoms with van der Waals surface area (Å²) >= 11 is 0. The lowest BCUT2D eigenvalue weighted by Gasteiger charge is -1.99. The number of quaternary nitrogens is 1. The summed E-state index contributed by atoms with van der Waals surface area (Å²) in [5.41, 5.74) is 4.53. The predicted octanol–water partition coefficient (Wildman–Crippen LogP) is -3.10. The van der Waals surface area contributed by atoms with E-state index in [2.05, 4.69) is 5.73 Å². The lowest BCUT2D eigenvalue weighted by Crippen LogP contribution is -2.92. The first kappa shape index (κ1) is 7.34. The van der Waals surface area contributed by atoms with E-state index in [0.29, 0.717) is 0 Å². The maximum atomic E-state index is 9.61. The van der Waals surface area contributed by atoms with E-state index in [9.17, 15) is 13.0 Å². The monoisotopic (exact) mass is 139 g/mol. The SMILES string of the molecule is N=C(N)[NH2+]S(=O)(=O)[O-]. The predicted molar refractivity (Wildman–Crippen MR) is 23.5 cm³/mol. The van der Waals surface area contributed by atoms with E-state index in [0.717, 1.165) is 0 Å². The molecule has 0 saturated heterocycles. The Bertz CT molecular complexity index is 181. The Morgan fingerprint density at radius 3 is 2.12 bits per heavy atom. The molecule has 8 heavy (non-hydrogen) atoms. The fourth-order valence-corrected chi connectivity index (χ4v) is 0.467. The second-order valence-corrected chi connectivity index (χ2v) is 2.29. The molecule has 0 amide bonds. The van der Waals surface area contributed by atoms with Crippen molar-refractivity contribution in [3.05, 3.63) is 0 Å². The van der Waals surface area contributed by atoms with Crippen LogP contribution in [0.5, 0.6) is 0 Å². The van der Waals surface area contributed by atoms with E-state index in [1.807, 2.05) is 0 Å². The quantitative estimate of drug-likeness (QED) is 0.202. The zero-order valence-corrected chi connectivity index (χ0v) is 4.60. The van der Waals surface area contributed by atoms with Crippen LogP contribution in [0.3, 0.4) is 0 Å². The van der Waals surface area contributed by atoms with Crippen molar-refractivity contribution in [1.82, 2.24) is 0 Å². The molecule has 0 fully saturated rings. The smallest absolute Gasteiger partial charge is 0.303 e. The van der Waals surface area contributed by atoms with Gasteiger partial charge in [-0.25, -0.2) is 5.41 Å². The Morgan fingerprint density at radius 2 is 2.12 bits per heavy atom. The molecule has 0 unspecified atom stereocenters. The van der Waals surface area contributed by atoms with Gasteiger partial charge in [0, 0.05) is 0 Å². The molecular formula is CH5N3O3S. The van der Waals surface area contributed by atoms with Crippen LogP contribution in [-0.2, 0) is 10.3 Å². The van der Waals surface area contributed by atoms with Crippen LogP contribution >= 0.6 is 0 Å². The van der Waals surface area contributed by atoms with Crippen LogP contribution in [0.15, 0.2) is 0 Å². The molecule has 0 spiro atoms. The molecule has 0 heterocycles. The summed E-state index contributed by atoms with van der Waals surface area (Å²) < 4.78 is 29.0. The van der Waals surface area contributed by atoms with E-state index in [1.165, 1.54) is 0 Å². The zero-order valence-electron chi connectivity index (χ0n) is 3.79. The number of rotatable bonds is 1. The Balaban J connectivity index is 3.95. The standard InChI is InChI=1S/CH5N3O3S/c2-1(3)4-8(5,6)7/h(H4,2,3,4)(H,5,6,7). The van der Waals surface area contributed by atoms with Crippen molar-refractivity contribution < 1.29 is 17.7 Å². The Hall–Kier alpha value is -0.660. The Labute approximate surface area is 46.1 Å². The zero-order chi connectivity index (χ0) is 6.78. The maximum Gasteiger partial charge on any atom is 0.303 e. The Kier molecular flexibility index (Phi) is 1.90. The van der Waals surface area contributed by atoms with Crippen molar-refractivity contribution in [1.29, 1.82) is 5.41 Å². The maximum absolute atomic E-state index is 9.61. The van der Waals surface area contributed by atoms with Gasteiger partial charge in [-0.05, 0) is 0 Å². The van der Waals surface area contributed by atoms with Crippen LogP contribution in [-0.4, -0.2) is 18.9 Å². The van der Waals surface area contributed by atoms with Crippen LogP contribution in [0, 0.1) is 5.41 Å². The number of hydrogen-bond acceptors (Lipinski definition) is 4. The van der Waals surface area contributed by atoms with Crippen molar-refractivity contribution in [3.8, 4) is 0 Å². The van der Waals surface area contributed by atoms with Gasteiger partial charge in [-0.2, -0.15) is 13.1 Å². The number of guanidine groups is 1. The van der Waals surface area contributed by atoms with Gasteiger partial charge in [-0.1, -0.05) is 0 Å². The summed E-state index contributed by atoms with van der Waals surface area (Å²) in [6.07, 6.45) is 0. The largest absolute Gasteiger partial charge is 0.701 e. The second kappa shape index (κ2) is 2.07. The third-order valence-electron chi connectivity index (χ3n) is 0.271. The fourth-order valence-electron chi connectivity index (χ4n) is 0.156. The van der Waals surface area contributed by atoms with Gasteiger partial charge in [-0.3, -0.25) is 0 Å². The van der Waals surface area contributed by atoms with Gasteiger partial charge in [0.1, 0.15) is 0 Å². The van der Waals surface area contributed by atoms with Gasteiger partial charge in [-0.15, -0.1) is 0 Å².